The number of rotatable bonds is 2. The van der Waals surface area contributed by atoms with E-state index in [4.69, 9.17) is 15.4 Å². The average Bonchev–Trinajstić information content (AvgIpc) is 2.74. The van der Waals surface area contributed by atoms with Gasteiger partial charge in [-0.3, -0.25) is 5.41 Å². The molecule has 4 heteroatoms. The van der Waals surface area contributed by atoms with Crippen molar-refractivity contribution in [3.05, 3.63) is 23.8 Å². The van der Waals surface area contributed by atoms with E-state index in [9.17, 15) is 0 Å². The summed E-state index contributed by atoms with van der Waals surface area (Å²) in [5.74, 6) is 1.27. The van der Waals surface area contributed by atoms with Gasteiger partial charge in [0.05, 0.1) is 24.4 Å². The molecule has 1 heterocycles. The zero-order chi connectivity index (χ0) is 11.5. The SMILES string of the molecule is COc1cc(C#N)ccc1N1CCCC1=N. The van der Waals surface area contributed by atoms with Gasteiger partial charge in [0.1, 0.15) is 11.6 Å². The Morgan fingerprint density at radius 1 is 1.50 bits per heavy atom. The van der Waals surface area contributed by atoms with Crippen LogP contribution in [0.25, 0.3) is 0 Å². The van der Waals surface area contributed by atoms with Crippen molar-refractivity contribution in [3.63, 3.8) is 0 Å². The molecule has 0 spiro atoms. The summed E-state index contributed by atoms with van der Waals surface area (Å²) in [7, 11) is 1.58. The fourth-order valence-electron chi connectivity index (χ4n) is 1.91. The van der Waals surface area contributed by atoms with Gasteiger partial charge in [-0.1, -0.05) is 0 Å². The summed E-state index contributed by atoms with van der Waals surface area (Å²) in [6.45, 7) is 0.848. The first-order valence-corrected chi connectivity index (χ1v) is 5.19. The zero-order valence-corrected chi connectivity index (χ0v) is 9.16. The molecule has 0 radical (unpaired) electrons. The molecule has 1 saturated heterocycles. The summed E-state index contributed by atoms with van der Waals surface area (Å²) in [4.78, 5) is 1.93. The second kappa shape index (κ2) is 4.23. The maximum absolute atomic E-state index is 8.80. The van der Waals surface area contributed by atoms with Gasteiger partial charge in [0.25, 0.3) is 0 Å². The molecule has 1 fully saturated rings. The van der Waals surface area contributed by atoms with Gasteiger partial charge in [-0.25, -0.2) is 0 Å². The number of ether oxygens (including phenoxy) is 1. The fraction of sp³-hybridized carbons (Fsp3) is 0.333. The lowest BCUT2D eigenvalue weighted by Crippen LogP contribution is -2.23. The maximum Gasteiger partial charge on any atom is 0.143 e. The monoisotopic (exact) mass is 215 g/mol. The van der Waals surface area contributed by atoms with Crippen LogP contribution in [0.1, 0.15) is 18.4 Å². The van der Waals surface area contributed by atoms with Gasteiger partial charge in [-0.15, -0.1) is 0 Å². The number of benzene rings is 1. The molecule has 0 atom stereocenters. The van der Waals surface area contributed by atoms with Crippen LogP contribution in [-0.4, -0.2) is 19.5 Å². The van der Waals surface area contributed by atoms with Crippen LogP contribution in [-0.2, 0) is 0 Å². The largest absolute Gasteiger partial charge is 0.495 e. The van der Waals surface area contributed by atoms with Crippen molar-refractivity contribution < 1.29 is 4.74 Å². The fourth-order valence-corrected chi connectivity index (χ4v) is 1.91. The standard InChI is InChI=1S/C12H13N3O/c1-16-11-7-9(8-13)4-5-10(11)15-6-2-3-12(15)14/h4-5,7,14H,2-3,6H2,1H3. The van der Waals surface area contributed by atoms with Crippen LogP contribution in [0.3, 0.4) is 0 Å². The Labute approximate surface area is 94.6 Å². The molecule has 0 aliphatic carbocycles. The lowest BCUT2D eigenvalue weighted by atomic mass is 10.2. The number of hydrogen-bond donors (Lipinski definition) is 1. The molecule has 1 aliphatic heterocycles. The number of methoxy groups -OCH3 is 1. The summed E-state index contributed by atoms with van der Waals surface area (Å²) in [5, 5.41) is 16.6. The van der Waals surface area contributed by atoms with Crippen molar-refractivity contribution in [2.75, 3.05) is 18.6 Å². The summed E-state index contributed by atoms with van der Waals surface area (Å²) in [5.41, 5.74) is 1.45. The van der Waals surface area contributed by atoms with E-state index in [1.165, 1.54) is 0 Å². The molecule has 1 aromatic rings. The summed E-state index contributed by atoms with van der Waals surface area (Å²) in [6, 6.07) is 7.39. The van der Waals surface area contributed by atoms with Crippen molar-refractivity contribution in [1.82, 2.24) is 0 Å². The van der Waals surface area contributed by atoms with Gasteiger partial charge in [0.15, 0.2) is 0 Å². The Morgan fingerprint density at radius 2 is 2.31 bits per heavy atom. The number of hydrogen-bond acceptors (Lipinski definition) is 3. The first-order chi connectivity index (χ1) is 7.76. The molecule has 0 unspecified atom stereocenters. The van der Waals surface area contributed by atoms with Crippen LogP contribution in [0.5, 0.6) is 5.75 Å². The number of amidine groups is 1. The van der Waals surface area contributed by atoms with Crippen molar-refractivity contribution in [1.29, 1.82) is 10.7 Å². The molecule has 1 N–H and O–H groups in total. The van der Waals surface area contributed by atoms with Crippen LogP contribution >= 0.6 is 0 Å². The molecule has 82 valence electrons. The lowest BCUT2D eigenvalue weighted by Gasteiger charge is -2.20. The van der Waals surface area contributed by atoms with Crippen LogP contribution in [0.4, 0.5) is 5.69 Å². The van der Waals surface area contributed by atoms with E-state index in [1.807, 2.05) is 11.0 Å². The number of nitriles is 1. The van der Waals surface area contributed by atoms with Crippen molar-refractivity contribution in [3.8, 4) is 11.8 Å². The predicted molar refractivity (Wildman–Crippen MR) is 62.0 cm³/mol. The first kappa shape index (κ1) is 10.5. The normalized spacial score (nSPS) is 15.0. The molecule has 0 bridgehead atoms. The maximum atomic E-state index is 8.80. The number of anilines is 1. The number of nitrogens with zero attached hydrogens (tertiary/aromatic N) is 2. The Hall–Kier alpha value is -2.02. The Kier molecular flexibility index (Phi) is 2.78. The molecule has 0 saturated carbocycles. The van der Waals surface area contributed by atoms with E-state index < -0.39 is 0 Å². The molecule has 0 aromatic heterocycles. The Bertz CT molecular complexity index is 462. The van der Waals surface area contributed by atoms with Crippen LogP contribution in [0, 0.1) is 16.7 Å². The topological polar surface area (TPSA) is 60.1 Å². The van der Waals surface area contributed by atoms with Gasteiger partial charge in [-0.2, -0.15) is 5.26 Å². The zero-order valence-electron chi connectivity index (χ0n) is 9.16. The molecule has 0 amide bonds. The third kappa shape index (κ3) is 1.72. The molecule has 16 heavy (non-hydrogen) atoms. The second-order valence-corrected chi connectivity index (χ2v) is 3.70. The van der Waals surface area contributed by atoms with Crippen LogP contribution < -0.4 is 9.64 Å². The van der Waals surface area contributed by atoms with E-state index >= 15 is 0 Å². The minimum Gasteiger partial charge on any atom is -0.495 e. The third-order valence-corrected chi connectivity index (χ3v) is 2.72. The smallest absolute Gasteiger partial charge is 0.143 e. The van der Waals surface area contributed by atoms with Crippen molar-refractivity contribution in [2.45, 2.75) is 12.8 Å². The summed E-state index contributed by atoms with van der Waals surface area (Å²) in [6.07, 6.45) is 1.81. The minimum atomic E-state index is 0.575. The van der Waals surface area contributed by atoms with Gasteiger partial charge >= 0.3 is 0 Å². The third-order valence-electron chi connectivity index (χ3n) is 2.72. The highest BCUT2D eigenvalue weighted by atomic mass is 16.5. The van der Waals surface area contributed by atoms with Gasteiger partial charge in [0.2, 0.25) is 0 Å². The highest BCUT2D eigenvalue weighted by Crippen LogP contribution is 2.32. The van der Waals surface area contributed by atoms with Crippen LogP contribution in [0.15, 0.2) is 18.2 Å². The van der Waals surface area contributed by atoms with Crippen molar-refractivity contribution in [2.24, 2.45) is 0 Å². The van der Waals surface area contributed by atoms with Crippen molar-refractivity contribution >= 4 is 11.5 Å². The van der Waals surface area contributed by atoms with Gasteiger partial charge in [-0.05, 0) is 18.6 Å². The minimum absolute atomic E-state index is 0.575. The Balaban J connectivity index is 2.41. The van der Waals surface area contributed by atoms with Gasteiger partial charge < -0.3 is 9.64 Å². The quantitative estimate of drug-likeness (QED) is 0.822. The molecule has 1 aromatic carbocycles. The molecular formula is C12H13N3O. The predicted octanol–water partition coefficient (Wildman–Crippen LogP) is 2.14. The molecular weight excluding hydrogens is 202 g/mol. The van der Waals surface area contributed by atoms with Crippen LogP contribution in [0.2, 0.25) is 0 Å². The Morgan fingerprint density at radius 3 is 2.88 bits per heavy atom. The summed E-state index contributed by atoms with van der Waals surface area (Å²) < 4.78 is 5.26. The first-order valence-electron chi connectivity index (χ1n) is 5.19. The second-order valence-electron chi connectivity index (χ2n) is 3.70. The lowest BCUT2D eigenvalue weighted by molar-refractivity contribution is 0.415. The van der Waals surface area contributed by atoms with E-state index in [0.717, 1.165) is 25.1 Å². The molecule has 2 rings (SSSR count). The van der Waals surface area contributed by atoms with Gasteiger partial charge in [0, 0.05) is 19.0 Å². The van der Waals surface area contributed by atoms with E-state index in [-0.39, 0.29) is 0 Å². The van der Waals surface area contributed by atoms with E-state index in [2.05, 4.69) is 6.07 Å². The summed E-state index contributed by atoms with van der Waals surface area (Å²) >= 11 is 0. The number of nitrogens with one attached hydrogen (secondary N) is 1. The molecule has 1 aliphatic rings. The highest BCUT2D eigenvalue weighted by Gasteiger charge is 2.21. The van der Waals surface area contributed by atoms with E-state index in [1.54, 1.807) is 19.2 Å². The van der Waals surface area contributed by atoms with E-state index in [0.29, 0.717) is 17.1 Å². The highest BCUT2D eigenvalue weighted by molar-refractivity contribution is 5.98. The average molecular weight is 215 g/mol. The molecule has 4 nitrogen and oxygen atoms in total.